The van der Waals surface area contributed by atoms with E-state index in [9.17, 15) is 5.11 Å². The second-order valence-corrected chi connectivity index (χ2v) is 6.13. The van der Waals surface area contributed by atoms with Gasteiger partial charge in [-0.3, -0.25) is 0 Å². The molecule has 0 bridgehead atoms. The Labute approximate surface area is 104 Å². The topological polar surface area (TPSA) is 20.2 Å². The minimum absolute atomic E-state index is 0.544. The van der Waals surface area contributed by atoms with Crippen molar-refractivity contribution in [2.45, 2.75) is 57.0 Å². The molecule has 0 saturated heterocycles. The molecule has 0 heterocycles. The van der Waals surface area contributed by atoms with Gasteiger partial charge in [-0.25, -0.2) is 0 Å². The second-order valence-electron chi connectivity index (χ2n) is 6.13. The van der Waals surface area contributed by atoms with Crippen LogP contribution in [0.1, 0.15) is 62.5 Å². The van der Waals surface area contributed by atoms with Gasteiger partial charge in [0, 0.05) is 0 Å². The van der Waals surface area contributed by atoms with Crippen molar-refractivity contribution in [2.24, 2.45) is 5.92 Å². The first-order chi connectivity index (χ1) is 8.17. The number of hydrogen-bond donors (Lipinski definition) is 1. The molecule has 2 saturated carbocycles. The average molecular weight is 230 g/mol. The van der Waals surface area contributed by atoms with Gasteiger partial charge in [-0.2, -0.15) is 0 Å². The first-order valence-corrected chi connectivity index (χ1v) is 7.00. The second kappa shape index (κ2) is 4.13. The third kappa shape index (κ3) is 2.01. The molecule has 2 aliphatic carbocycles. The van der Waals surface area contributed by atoms with E-state index in [1.807, 2.05) is 0 Å². The zero-order valence-electron chi connectivity index (χ0n) is 10.7. The summed E-state index contributed by atoms with van der Waals surface area (Å²) < 4.78 is 0. The predicted octanol–water partition coefficient (Wildman–Crippen LogP) is 3.96. The molecule has 1 aromatic rings. The summed E-state index contributed by atoms with van der Waals surface area (Å²) in [5, 5.41) is 10.6. The van der Waals surface area contributed by atoms with Crippen molar-refractivity contribution in [3.05, 3.63) is 35.4 Å². The third-order valence-corrected chi connectivity index (χ3v) is 4.76. The third-order valence-electron chi connectivity index (χ3n) is 4.76. The summed E-state index contributed by atoms with van der Waals surface area (Å²) >= 11 is 0. The minimum atomic E-state index is -0.544. The van der Waals surface area contributed by atoms with Crippen molar-refractivity contribution in [3.63, 3.8) is 0 Å². The van der Waals surface area contributed by atoms with Crippen LogP contribution in [-0.4, -0.2) is 5.11 Å². The Bertz CT molecular complexity index is 390. The monoisotopic (exact) mass is 230 g/mol. The molecule has 1 N–H and O–H groups in total. The van der Waals surface area contributed by atoms with E-state index in [4.69, 9.17) is 0 Å². The summed E-state index contributed by atoms with van der Waals surface area (Å²) in [6, 6.07) is 8.79. The van der Waals surface area contributed by atoms with E-state index in [2.05, 4.69) is 31.2 Å². The van der Waals surface area contributed by atoms with Crippen LogP contribution >= 0.6 is 0 Å². The van der Waals surface area contributed by atoms with Crippen molar-refractivity contribution >= 4 is 0 Å². The van der Waals surface area contributed by atoms with E-state index in [-0.39, 0.29) is 0 Å². The van der Waals surface area contributed by atoms with Crippen LogP contribution in [0.4, 0.5) is 0 Å². The molecule has 17 heavy (non-hydrogen) atoms. The highest BCUT2D eigenvalue weighted by Crippen LogP contribution is 2.43. The molecule has 0 aliphatic heterocycles. The molecule has 2 unspecified atom stereocenters. The van der Waals surface area contributed by atoms with Crippen LogP contribution in [0.5, 0.6) is 0 Å². The van der Waals surface area contributed by atoms with Crippen LogP contribution in [0.15, 0.2) is 24.3 Å². The number of hydrogen-bond acceptors (Lipinski definition) is 1. The first kappa shape index (κ1) is 11.3. The van der Waals surface area contributed by atoms with Crippen LogP contribution in [0, 0.1) is 5.92 Å². The molecule has 0 radical (unpaired) electrons. The Kier molecular flexibility index (Phi) is 2.74. The van der Waals surface area contributed by atoms with E-state index < -0.39 is 5.60 Å². The Morgan fingerprint density at radius 1 is 1.12 bits per heavy atom. The zero-order valence-corrected chi connectivity index (χ0v) is 10.7. The zero-order chi connectivity index (χ0) is 11.9. The Hall–Kier alpha value is -0.820. The van der Waals surface area contributed by atoms with Crippen LogP contribution in [0.25, 0.3) is 0 Å². The highest BCUT2D eigenvalue weighted by atomic mass is 16.3. The van der Waals surface area contributed by atoms with E-state index in [1.54, 1.807) is 0 Å². The van der Waals surface area contributed by atoms with Crippen LogP contribution < -0.4 is 0 Å². The molecule has 2 fully saturated rings. The first-order valence-electron chi connectivity index (χ1n) is 7.00. The van der Waals surface area contributed by atoms with Crippen LogP contribution in [0.2, 0.25) is 0 Å². The lowest BCUT2D eigenvalue weighted by atomic mass is 9.79. The molecule has 2 aliphatic rings. The van der Waals surface area contributed by atoms with Gasteiger partial charge in [0.2, 0.25) is 0 Å². The SMILES string of the molecule is CC1CCC(O)(c2ccc(C3CCC3)cc2)C1. The lowest BCUT2D eigenvalue weighted by molar-refractivity contribution is 0.0407. The van der Waals surface area contributed by atoms with Gasteiger partial charge in [0.25, 0.3) is 0 Å². The minimum Gasteiger partial charge on any atom is -0.385 e. The van der Waals surface area contributed by atoms with Gasteiger partial charge in [0.1, 0.15) is 0 Å². The van der Waals surface area contributed by atoms with Crippen molar-refractivity contribution < 1.29 is 5.11 Å². The molecule has 0 amide bonds. The fourth-order valence-corrected chi connectivity index (χ4v) is 3.34. The maximum atomic E-state index is 10.6. The van der Waals surface area contributed by atoms with Gasteiger partial charge in [0.05, 0.1) is 5.60 Å². The van der Waals surface area contributed by atoms with Crippen LogP contribution in [0.3, 0.4) is 0 Å². The van der Waals surface area contributed by atoms with E-state index in [0.29, 0.717) is 5.92 Å². The van der Waals surface area contributed by atoms with Gasteiger partial charge in [-0.15, -0.1) is 0 Å². The van der Waals surface area contributed by atoms with Gasteiger partial charge in [-0.05, 0) is 55.1 Å². The van der Waals surface area contributed by atoms with Crippen LogP contribution in [-0.2, 0) is 5.60 Å². The van der Waals surface area contributed by atoms with E-state index in [0.717, 1.165) is 30.7 Å². The fraction of sp³-hybridized carbons (Fsp3) is 0.625. The van der Waals surface area contributed by atoms with E-state index >= 15 is 0 Å². The molecule has 2 atom stereocenters. The Balaban J connectivity index is 1.79. The molecular formula is C16H22O. The molecule has 92 valence electrons. The summed E-state index contributed by atoms with van der Waals surface area (Å²) in [6.07, 6.45) is 7.09. The maximum absolute atomic E-state index is 10.6. The summed E-state index contributed by atoms with van der Waals surface area (Å²) in [5.74, 6) is 1.45. The molecule has 0 aromatic heterocycles. The Morgan fingerprint density at radius 3 is 2.29 bits per heavy atom. The lowest BCUT2D eigenvalue weighted by Gasteiger charge is -2.27. The highest BCUT2D eigenvalue weighted by molar-refractivity contribution is 5.30. The molecule has 1 nitrogen and oxygen atoms in total. The van der Waals surface area contributed by atoms with Gasteiger partial charge < -0.3 is 5.11 Å². The highest BCUT2D eigenvalue weighted by Gasteiger charge is 2.36. The fourth-order valence-electron chi connectivity index (χ4n) is 3.34. The van der Waals surface area contributed by atoms with Crippen molar-refractivity contribution in [1.29, 1.82) is 0 Å². The predicted molar refractivity (Wildman–Crippen MR) is 69.9 cm³/mol. The molecular weight excluding hydrogens is 208 g/mol. The summed E-state index contributed by atoms with van der Waals surface area (Å²) in [5.41, 5.74) is 2.05. The molecule has 1 heteroatoms. The standard InChI is InChI=1S/C16H22O/c1-12-9-10-16(17,11-12)15-7-5-14(6-8-15)13-3-2-4-13/h5-8,12-13,17H,2-4,9-11H2,1H3. The van der Waals surface area contributed by atoms with Gasteiger partial charge >= 0.3 is 0 Å². The molecule has 3 rings (SSSR count). The number of benzene rings is 1. The number of rotatable bonds is 2. The Morgan fingerprint density at radius 2 is 1.82 bits per heavy atom. The molecule has 0 spiro atoms. The summed E-state index contributed by atoms with van der Waals surface area (Å²) in [7, 11) is 0. The quantitative estimate of drug-likeness (QED) is 0.815. The van der Waals surface area contributed by atoms with Crippen molar-refractivity contribution in [1.82, 2.24) is 0 Å². The average Bonchev–Trinajstić information content (AvgIpc) is 2.58. The number of aliphatic hydroxyl groups is 1. The smallest absolute Gasteiger partial charge is 0.0899 e. The van der Waals surface area contributed by atoms with Gasteiger partial charge in [-0.1, -0.05) is 37.6 Å². The molecule has 1 aromatic carbocycles. The lowest BCUT2D eigenvalue weighted by Crippen LogP contribution is -2.21. The largest absolute Gasteiger partial charge is 0.385 e. The normalized spacial score (nSPS) is 33.6. The maximum Gasteiger partial charge on any atom is 0.0899 e. The van der Waals surface area contributed by atoms with Gasteiger partial charge in [0.15, 0.2) is 0 Å². The van der Waals surface area contributed by atoms with E-state index in [1.165, 1.54) is 24.8 Å². The summed E-state index contributed by atoms with van der Waals surface area (Å²) in [4.78, 5) is 0. The van der Waals surface area contributed by atoms with Crippen molar-refractivity contribution in [2.75, 3.05) is 0 Å². The summed E-state index contributed by atoms with van der Waals surface area (Å²) in [6.45, 7) is 2.24. The van der Waals surface area contributed by atoms with Crippen molar-refractivity contribution in [3.8, 4) is 0 Å².